The van der Waals surface area contributed by atoms with E-state index in [1.165, 1.54) is 12.3 Å². The molecule has 102 valence electrons. The number of hydrogen-bond acceptors (Lipinski definition) is 3. The molecule has 0 atom stereocenters. The van der Waals surface area contributed by atoms with Gasteiger partial charge in [0.05, 0.1) is 6.26 Å². The molecule has 0 aliphatic carbocycles. The summed E-state index contributed by atoms with van der Waals surface area (Å²) in [6.07, 6.45) is 2.66. The van der Waals surface area contributed by atoms with Crippen molar-refractivity contribution in [2.45, 2.75) is 6.54 Å². The van der Waals surface area contributed by atoms with E-state index in [0.717, 1.165) is 5.56 Å². The molecule has 0 spiro atoms. The van der Waals surface area contributed by atoms with E-state index in [4.69, 9.17) is 4.42 Å². The van der Waals surface area contributed by atoms with E-state index in [9.17, 15) is 9.59 Å². The standard InChI is InChI=1S/C15H14N2O3/c1-2-14(18)16-10-11-5-7-12(8-6-11)17-15(19)13-4-3-9-20-13/h2-9H,1,10H2,(H,16,18)(H,17,19). The highest BCUT2D eigenvalue weighted by atomic mass is 16.3. The van der Waals surface area contributed by atoms with Gasteiger partial charge < -0.3 is 15.1 Å². The maximum Gasteiger partial charge on any atom is 0.291 e. The van der Waals surface area contributed by atoms with Crippen molar-refractivity contribution in [3.05, 3.63) is 66.6 Å². The molecule has 0 aliphatic rings. The van der Waals surface area contributed by atoms with Gasteiger partial charge in [-0.1, -0.05) is 18.7 Å². The number of rotatable bonds is 5. The zero-order valence-corrected chi connectivity index (χ0v) is 10.8. The summed E-state index contributed by atoms with van der Waals surface area (Å²) in [6, 6.07) is 10.4. The molecule has 0 fully saturated rings. The van der Waals surface area contributed by atoms with Crippen LogP contribution in [0.1, 0.15) is 16.1 Å². The Kier molecular flexibility index (Phi) is 4.34. The number of carbonyl (C=O) groups excluding carboxylic acids is 2. The third-order valence-electron chi connectivity index (χ3n) is 2.61. The van der Waals surface area contributed by atoms with Crippen molar-refractivity contribution >= 4 is 17.5 Å². The Morgan fingerprint density at radius 1 is 1.20 bits per heavy atom. The lowest BCUT2D eigenvalue weighted by Crippen LogP contribution is -2.19. The molecule has 1 heterocycles. The van der Waals surface area contributed by atoms with Crippen LogP contribution in [0.25, 0.3) is 0 Å². The minimum Gasteiger partial charge on any atom is -0.459 e. The monoisotopic (exact) mass is 270 g/mol. The average molecular weight is 270 g/mol. The second-order valence-corrected chi connectivity index (χ2v) is 4.05. The van der Waals surface area contributed by atoms with Gasteiger partial charge in [-0.25, -0.2) is 0 Å². The molecule has 0 saturated carbocycles. The number of benzene rings is 1. The van der Waals surface area contributed by atoms with Crippen molar-refractivity contribution in [3.8, 4) is 0 Å². The molecule has 1 aromatic carbocycles. The predicted molar refractivity (Wildman–Crippen MR) is 75.1 cm³/mol. The topological polar surface area (TPSA) is 71.3 Å². The molecule has 0 aliphatic heterocycles. The molecule has 2 rings (SSSR count). The molecular weight excluding hydrogens is 256 g/mol. The van der Waals surface area contributed by atoms with E-state index in [2.05, 4.69) is 17.2 Å². The Balaban J connectivity index is 1.93. The summed E-state index contributed by atoms with van der Waals surface area (Å²) in [5.74, 6) is -0.268. The summed E-state index contributed by atoms with van der Waals surface area (Å²) >= 11 is 0. The van der Waals surface area contributed by atoms with Crippen LogP contribution in [0.15, 0.2) is 59.7 Å². The van der Waals surface area contributed by atoms with Crippen LogP contribution in [0.4, 0.5) is 5.69 Å². The summed E-state index contributed by atoms with van der Waals surface area (Å²) < 4.78 is 5.00. The normalized spacial score (nSPS) is 9.80. The zero-order valence-electron chi connectivity index (χ0n) is 10.8. The van der Waals surface area contributed by atoms with Gasteiger partial charge in [-0.3, -0.25) is 9.59 Å². The molecule has 2 N–H and O–H groups in total. The fourth-order valence-corrected chi connectivity index (χ4v) is 1.57. The smallest absolute Gasteiger partial charge is 0.291 e. The van der Waals surface area contributed by atoms with Gasteiger partial charge in [0.2, 0.25) is 5.91 Å². The lowest BCUT2D eigenvalue weighted by Gasteiger charge is -2.06. The van der Waals surface area contributed by atoms with Gasteiger partial charge in [-0.05, 0) is 35.9 Å². The van der Waals surface area contributed by atoms with Crippen LogP contribution in [0.3, 0.4) is 0 Å². The first-order valence-corrected chi connectivity index (χ1v) is 6.03. The highest BCUT2D eigenvalue weighted by molar-refractivity contribution is 6.02. The minimum atomic E-state index is -0.303. The Bertz CT molecular complexity index is 601. The summed E-state index contributed by atoms with van der Waals surface area (Å²) in [4.78, 5) is 22.8. The Hall–Kier alpha value is -2.82. The fraction of sp³-hybridized carbons (Fsp3) is 0.0667. The summed E-state index contributed by atoms with van der Waals surface area (Å²) in [7, 11) is 0. The number of carbonyl (C=O) groups is 2. The lowest BCUT2D eigenvalue weighted by atomic mass is 10.2. The molecule has 1 aromatic heterocycles. The number of nitrogens with one attached hydrogen (secondary N) is 2. The highest BCUT2D eigenvalue weighted by Crippen LogP contribution is 2.11. The molecule has 0 saturated heterocycles. The van der Waals surface area contributed by atoms with Gasteiger partial charge in [0, 0.05) is 12.2 Å². The van der Waals surface area contributed by atoms with E-state index in [-0.39, 0.29) is 17.6 Å². The van der Waals surface area contributed by atoms with Crippen LogP contribution in [0, 0.1) is 0 Å². The molecule has 20 heavy (non-hydrogen) atoms. The van der Waals surface area contributed by atoms with Gasteiger partial charge in [-0.2, -0.15) is 0 Å². The number of hydrogen-bond donors (Lipinski definition) is 2. The van der Waals surface area contributed by atoms with Crippen molar-refractivity contribution in [2.75, 3.05) is 5.32 Å². The highest BCUT2D eigenvalue weighted by Gasteiger charge is 2.08. The molecule has 5 heteroatoms. The van der Waals surface area contributed by atoms with Gasteiger partial charge in [0.1, 0.15) is 0 Å². The molecule has 0 bridgehead atoms. The summed E-state index contributed by atoms with van der Waals surface area (Å²) in [5, 5.41) is 5.38. The zero-order chi connectivity index (χ0) is 14.4. The minimum absolute atomic E-state index is 0.222. The molecule has 2 amide bonds. The Morgan fingerprint density at radius 2 is 1.95 bits per heavy atom. The van der Waals surface area contributed by atoms with Crippen LogP contribution in [-0.4, -0.2) is 11.8 Å². The van der Waals surface area contributed by atoms with E-state index >= 15 is 0 Å². The first-order chi connectivity index (χ1) is 9.69. The van der Waals surface area contributed by atoms with E-state index in [1.54, 1.807) is 24.3 Å². The van der Waals surface area contributed by atoms with Crippen molar-refractivity contribution < 1.29 is 14.0 Å². The Labute approximate surface area is 116 Å². The Morgan fingerprint density at radius 3 is 2.55 bits per heavy atom. The lowest BCUT2D eigenvalue weighted by molar-refractivity contribution is -0.116. The van der Waals surface area contributed by atoms with Crippen LogP contribution in [-0.2, 0) is 11.3 Å². The third kappa shape index (κ3) is 3.58. The number of anilines is 1. The number of amides is 2. The van der Waals surface area contributed by atoms with Crippen molar-refractivity contribution in [1.82, 2.24) is 5.32 Å². The fourth-order valence-electron chi connectivity index (χ4n) is 1.57. The van der Waals surface area contributed by atoms with Crippen LogP contribution in [0.2, 0.25) is 0 Å². The SMILES string of the molecule is C=CC(=O)NCc1ccc(NC(=O)c2ccco2)cc1. The van der Waals surface area contributed by atoms with E-state index < -0.39 is 0 Å². The van der Waals surface area contributed by atoms with E-state index in [0.29, 0.717) is 12.2 Å². The third-order valence-corrected chi connectivity index (χ3v) is 2.61. The van der Waals surface area contributed by atoms with Gasteiger partial charge in [-0.15, -0.1) is 0 Å². The van der Waals surface area contributed by atoms with Crippen LogP contribution >= 0.6 is 0 Å². The van der Waals surface area contributed by atoms with E-state index in [1.807, 2.05) is 12.1 Å². The largest absolute Gasteiger partial charge is 0.459 e. The first-order valence-electron chi connectivity index (χ1n) is 6.03. The molecule has 0 unspecified atom stereocenters. The van der Waals surface area contributed by atoms with Gasteiger partial charge in [0.25, 0.3) is 5.91 Å². The average Bonchev–Trinajstić information content (AvgIpc) is 3.00. The molecular formula is C15H14N2O3. The number of furan rings is 1. The van der Waals surface area contributed by atoms with Crippen LogP contribution in [0.5, 0.6) is 0 Å². The van der Waals surface area contributed by atoms with Gasteiger partial charge in [0.15, 0.2) is 5.76 Å². The van der Waals surface area contributed by atoms with Crippen molar-refractivity contribution in [2.24, 2.45) is 0 Å². The maximum atomic E-state index is 11.7. The summed E-state index contributed by atoms with van der Waals surface area (Å²) in [6.45, 7) is 3.79. The van der Waals surface area contributed by atoms with Crippen LogP contribution < -0.4 is 10.6 Å². The molecule has 0 radical (unpaired) electrons. The molecule has 5 nitrogen and oxygen atoms in total. The van der Waals surface area contributed by atoms with Crippen molar-refractivity contribution in [3.63, 3.8) is 0 Å². The molecule has 2 aromatic rings. The van der Waals surface area contributed by atoms with Gasteiger partial charge >= 0.3 is 0 Å². The second-order valence-electron chi connectivity index (χ2n) is 4.05. The first kappa shape index (κ1) is 13.6. The second kappa shape index (κ2) is 6.38. The quantitative estimate of drug-likeness (QED) is 0.819. The summed E-state index contributed by atoms with van der Waals surface area (Å²) in [5.41, 5.74) is 1.58. The van der Waals surface area contributed by atoms with Crippen molar-refractivity contribution in [1.29, 1.82) is 0 Å². The predicted octanol–water partition coefficient (Wildman–Crippen LogP) is 2.33. The maximum absolute atomic E-state index is 11.7.